The van der Waals surface area contributed by atoms with Gasteiger partial charge in [-0.2, -0.15) is 0 Å². The van der Waals surface area contributed by atoms with Crippen molar-refractivity contribution in [3.8, 4) is 22.4 Å². The number of aromatic nitrogens is 1. The first-order valence-electron chi connectivity index (χ1n) is 6.52. The fourth-order valence-corrected chi connectivity index (χ4v) is 3.41. The van der Waals surface area contributed by atoms with Gasteiger partial charge in [0.2, 0.25) is 0 Å². The van der Waals surface area contributed by atoms with E-state index < -0.39 is 0 Å². The van der Waals surface area contributed by atoms with Crippen LogP contribution in [0.3, 0.4) is 0 Å². The smallest absolute Gasteiger partial charge is 0.0796 e. The summed E-state index contributed by atoms with van der Waals surface area (Å²) in [5, 5.41) is 2.62. The minimum Gasteiger partial charge on any atom is -0.254 e. The minimum absolute atomic E-state index is 0.499. The van der Waals surface area contributed by atoms with E-state index in [4.69, 9.17) is 58.0 Å². The molecule has 0 amide bonds. The summed E-state index contributed by atoms with van der Waals surface area (Å²) in [5.41, 5.74) is 2.95. The van der Waals surface area contributed by atoms with Crippen LogP contribution in [0.15, 0.2) is 48.7 Å². The largest absolute Gasteiger partial charge is 0.254 e. The van der Waals surface area contributed by atoms with E-state index in [9.17, 15) is 0 Å². The third-order valence-electron chi connectivity index (χ3n) is 3.26. The predicted octanol–water partition coefficient (Wildman–Crippen LogP) is 7.68. The summed E-state index contributed by atoms with van der Waals surface area (Å²) in [4.78, 5) is 4.43. The standard InChI is InChI=1S/C17H8Cl5N/c18-9-1-3-12(15(21)6-9)14-5-11(20)8-23-17(14)13-4-2-10(19)7-16(13)22/h1-8H. The van der Waals surface area contributed by atoms with E-state index >= 15 is 0 Å². The van der Waals surface area contributed by atoms with Gasteiger partial charge in [-0.25, -0.2) is 0 Å². The van der Waals surface area contributed by atoms with Gasteiger partial charge in [-0.15, -0.1) is 0 Å². The Morgan fingerprint density at radius 3 is 1.70 bits per heavy atom. The van der Waals surface area contributed by atoms with Gasteiger partial charge in [0.25, 0.3) is 0 Å². The van der Waals surface area contributed by atoms with Gasteiger partial charge in [0.15, 0.2) is 0 Å². The van der Waals surface area contributed by atoms with Crippen molar-refractivity contribution in [2.45, 2.75) is 0 Å². The van der Waals surface area contributed by atoms with Gasteiger partial charge in [0.05, 0.1) is 15.7 Å². The van der Waals surface area contributed by atoms with E-state index in [1.165, 1.54) is 0 Å². The lowest BCUT2D eigenvalue weighted by molar-refractivity contribution is 1.32. The molecule has 0 unspecified atom stereocenters. The van der Waals surface area contributed by atoms with Crippen LogP contribution < -0.4 is 0 Å². The van der Waals surface area contributed by atoms with Crippen molar-refractivity contribution in [3.05, 3.63) is 73.8 Å². The normalized spacial score (nSPS) is 10.8. The van der Waals surface area contributed by atoms with E-state index in [-0.39, 0.29) is 0 Å². The fraction of sp³-hybridized carbons (Fsp3) is 0. The van der Waals surface area contributed by atoms with Crippen LogP contribution in [0.5, 0.6) is 0 Å². The van der Waals surface area contributed by atoms with Crippen LogP contribution >= 0.6 is 58.0 Å². The molecule has 1 nitrogen and oxygen atoms in total. The zero-order chi connectivity index (χ0) is 16.6. The molecule has 1 heterocycles. The van der Waals surface area contributed by atoms with Crippen LogP contribution in [-0.2, 0) is 0 Å². The summed E-state index contributed by atoms with van der Waals surface area (Å²) < 4.78 is 0. The highest BCUT2D eigenvalue weighted by molar-refractivity contribution is 6.38. The molecule has 116 valence electrons. The lowest BCUT2D eigenvalue weighted by Gasteiger charge is -2.13. The van der Waals surface area contributed by atoms with Crippen LogP contribution in [0, 0.1) is 0 Å². The number of halogens is 5. The third-order valence-corrected chi connectivity index (χ3v) is 4.56. The number of benzene rings is 2. The lowest BCUT2D eigenvalue weighted by atomic mass is 9.99. The molecule has 1 aromatic heterocycles. The molecule has 0 atom stereocenters. The topological polar surface area (TPSA) is 12.9 Å². The minimum atomic E-state index is 0.499. The van der Waals surface area contributed by atoms with E-state index in [1.807, 2.05) is 12.1 Å². The molecule has 23 heavy (non-hydrogen) atoms. The second-order valence-electron chi connectivity index (χ2n) is 4.80. The lowest BCUT2D eigenvalue weighted by Crippen LogP contribution is -1.91. The summed E-state index contributed by atoms with van der Waals surface area (Å²) in [6.07, 6.45) is 1.56. The average Bonchev–Trinajstić information content (AvgIpc) is 2.48. The molecule has 2 aromatic carbocycles. The van der Waals surface area contributed by atoms with Crippen molar-refractivity contribution in [3.63, 3.8) is 0 Å². The SMILES string of the molecule is Clc1ccc(-c2cc(Cl)cnc2-c2ccc(Cl)cc2Cl)c(Cl)c1. The number of rotatable bonds is 2. The van der Waals surface area contributed by atoms with Crippen LogP contribution in [0.25, 0.3) is 22.4 Å². The Hall–Kier alpha value is -0.960. The average molecular weight is 404 g/mol. The number of hydrogen-bond acceptors (Lipinski definition) is 1. The van der Waals surface area contributed by atoms with Crippen LogP contribution in [-0.4, -0.2) is 4.98 Å². The summed E-state index contributed by atoms with van der Waals surface area (Å²) in [5.74, 6) is 0. The highest BCUT2D eigenvalue weighted by Crippen LogP contribution is 2.39. The second-order valence-corrected chi connectivity index (χ2v) is 6.92. The molecule has 0 aliphatic carbocycles. The predicted molar refractivity (Wildman–Crippen MR) is 100 cm³/mol. The number of nitrogens with zero attached hydrogens (tertiary/aromatic N) is 1. The molecular weight excluding hydrogens is 395 g/mol. The molecule has 0 saturated heterocycles. The molecule has 0 N–H and O–H groups in total. The van der Waals surface area contributed by atoms with Gasteiger partial charge >= 0.3 is 0 Å². The molecule has 6 heteroatoms. The molecule has 0 aliphatic heterocycles. The molecule has 0 aliphatic rings. The maximum Gasteiger partial charge on any atom is 0.0796 e. The monoisotopic (exact) mass is 401 g/mol. The molecule has 3 aromatic rings. The zero-order valence-electron chi connectivity index (χ0n) is 11.5. The van der Waals surface area contributed by atoms with E-state index in [1.54, 1.807) is 36.5 Å². The highest BCUT2D eigenvalue weighted by Gasteiger charge is 2.15. The van der Waals surface area contributed by atoms with Crippen LogP contribution in [0.1, 0.15) is 0 Å². The van der Waals surface area contributed by atoms with Crippen LogP contribution in [0.4, 0.5) is 0 Å². The molecule has 3 rings (SSSR count). The zero-order valence-corrected chi connectivity index (χ0v) is 15.2. The molecule has 0 saturated carbocycles. The maximum atomic E-state index is 6.33. The summed E-state index contributed by atoms with van der Waals surface area (Å²) in [6, 6.07) is 12.3. The van der Waals surface area contributed by atoms with Crippen LogP contribution in [0.2, 0.25) is 25.1 Å². The Morgan fingerprint density at radius 2 is 1.13 bits per heavy atom. The second kappa shape index (κ2) is 6.88. The Labute approximate surface area is 158 Å². The number of pyridine rings is 1. The van der Waals surface area contributed by atoms with Gasteiger partial charge < -0.3 is 0 Å². The summed E-state index contributed by atoms with van der Waals surface area (Å²) in [7, 11) is 0. The molecule has 0 fully saturated rings. The van der Waals surface area contributed by atoms with E-state index in [2.05, 4.69) is 4.98 Å². The molecule has 0 radical (unpaired) electrons. The van der Waals surface area contributed by atoms with E-state index in [0.29, 0.717) is 30.8 Å². The third kappa shape index (κ3) is 3.60. The Kier molecular flexibility index (Phi) is 5.05. The van der Waals surface area contributed by atoms with Crippen molar-refractivity contribution >= 4 is 58.0 Å². The van der Waals surface area contributed by atoms with Crippen molar-refractivity contribution < 1.29 is 0 Å². The van der Waals surface area contributed by atoms with Crippen molar-refractivity contribution in [2.75, 3.05) is 0 Å². The first-order valence-corrected chi connectivity index (χ1v) is 8.41. The Bertz CT molecular complexity index is 892. The fourth-order valence-electron chi connectivity index (χ4n) is 2.25. The molecule has 0 bridgehead atoms. The van der Waals surface area contributed by atoms with Crippen molar-refractivity contribution in [1.29, 1.82) is 0 Å². The molecule has 0 spiro atoms. The first kappa shape index (κ1) is 16.9. The van der Waals surface area contributed by atoms with E-state index in [0.717, 1.165) is 16.7 Å². The highest BCUT2D eigenvalue weighted by atomic mass is 35.5. The summed E-state index contributed by atoms with van der Waals surface area (Å²) >= 11 is 30.7. The quantitative estimate of drug-likeness (QED) is 0.427. The van der Waals surface area contributed by atoms with Gasteiger partial charge in [0.1, 0.15) is 0 Å². The van der Waals surface area contributed by atoms with Gasteiger partial charge in [-0.05, 0) is 36.4 Å². The first-order chi connectivity index (χ1) is 11.0. The number of hydrogen-bond donors (Lipinski definition) is 0. The molecular formula is C17H8Cl5N. The Balaban J connectivity index is 2.27. The van der Waals surface area contributed by atoms with Gasteiger partial charge in [0, 0.05) is 38.0 Å². The Morgan fingerprint density at radius 1 is 0.565 bits per heavy atom. The van der Waals surface area contributed by atoms with Gasteiger partial charge in [-0.3, -0.25) is 4.98 Å². The summed E-state index contributed by atoms with van der Waals surface area (Å²) in [6.45, 7) is 0. The van der Waals surface area contributed by atoms with Gasteiger partial charge in [-0.1, -0.05) is 64.1 Å². The van der Waals surface area contributed by atoms with Crippen molar-refractivity contribution in [2.24, 2.45) is 0 Å². The maximum absolute atomic E-state index is 6.33. The van der Waals surface area contributed by atoms with Crippen molar-refractivity contribution in [1.82, 2.24) is 4.98 Å².